The summed E-state index contributed by atoms with van der Waals surface area (Å²) < 4.78 is 0. The molecule has 0 saturated carbocycles. The third-order valence-corrected chi connectivity index (χ3v) is 6.05. The zero-order valence-corrected chi connectivity index (χ0v) is 17.3. The van der Waals surface area contributed by atoms with E-state index in [1.807, 2.05) is 31.2 Å². The fraction of sp³-hybridized carbons (Fsp3) is 0.524. The van der Waals surface area contributed by atoms with Crippen LogP contribution in [0.2, 0.25) is 0 Å². The third kappa shape index (κ3) is 5.78. The van der Waals surface area contributed by atoms with Crippen LogP contribution in [0.5, 0.6) is 0 Å². The summed E-state index contributed by atoms with van der Waals surface area (Å²) in [5.74, 6) is 0.574. The summed E-state index contributed by atoms with van der Waals surface area (Å²) in [5, 5.41) is 6.11. The van der Waals surface area contributed by atoms with Crippen molar-refractivity contribution in [3.8, 4) is 0 Å². The van der Waals surface area contributed by atoms with Gasteiger partial charge in [0, 0.05) is 25.5 Å². The summed E-state index contributed by atoms with van der Waals surface area (Å²) in [7, 11) is 1.89. The maximum absolute atomic E-state index is 12.5. The minimum atomic E-state index is -0.0578. The molecule has 0 spiro atoms. The number of benzene rings is 1. The molecule has 1 atom stereocenters. The summed E-state index contributed by atoms with van der Waals surface area (Å²) in [6, 6.07) is 10.6. The Kier molecular flexibility index (Phi) is 6.85. The average molecular weight is 387 g/mol. The van der Waals surface area contributed by atoms with Gasteiger partial charge in [-0.3, -0.25) is 4.90 Å². The second-order valence-electron chi connectivity index (χ2n) is 7.55. The van der Waals surface area contributed by atoms with Crippen LogP contribution < -0.4 is 5.32 Å². The number of nitrogens with zero attached hydrogens (tertiary/aromatic N) is 3. The SMILES string of the molecule is Cc1nc([C@H](C)NC(=O)N(C)CC2CCN(Cc3ccccc3)CC2)cs1. The number of carbonyl (C=O) groups excluding carboxylic acids is 1. The van der Waals surface area contributed by atoms with Gasteiger partial charge in [-0.2, -0.15) is 0 Å². The molecule has 1 saturated heterocycles. The number of aryl methyl sites for hydroxylation is 1. The Labute approximate surface area is 166 Å². The first-order valence-electron chi connectivity index (χ1n) is 9.71. The van der Waals surface area contributed by atoms with Gasteiger partial charge in [0.15, 0.2) is 0 Å². The van der Waals surface area contributed by atoms with Crippen LogP contribution in [0.15, 0.2) is 35.7 Å². The maximum Gasteiger partial charge on any atom is 0.317 e. The first-order chi connectivity index (χ1) is 13.0. The van der Waals surface area contributed by atoms with Gasteiger partial charge in [-0.15, -0.1) is 11.3 Å². The van der Waals surface area contributed by atoms with Gasteiger partial charge in [0.05, 0.1) is 16.7 Å². The van der Waals surface area contributed by atoms with E-state index < -0.39 is 0 Å². The number of aromatic nitrogens is 1. The van der Waals surface area contributed by atoms with Crippen LogP contribution in [0.1, 0.15) is 42.1 Å². The molecular weight excluding hydrogens is 356 g/mol. The van der Waals surface area contributed by atoms with Crippen LogP contribution in [0.25, 0.3) is 0 Å². The highest BCUT2D eigenvalue weighted by atomic mass is 32.1. The Hall–Kier alpha value is -1.92. The molecule has 0 unspecified atom stereocenters. The Morgan fingerprint density at radius 3 is 2.67 bits per heavy atom. The maximum atomic E-state index is 12.5. The molecule has 27 heavy (non-hydrogen) atoms. The Balaban J connectivity index is 1.40. The lowest BCUT2D eigenvalue weighted by molar-refractivity contribution is 0.149. The van der Waals surface area contributed by atoms with Crippen LogP contribution in [0, 0.1) is 12.8 Å². The van der Waals surface area contributed by atoms with Crippen molar-refractivity contribution < 1.29 is 4.79 Å². The van der Waals surface area contributed by atoms with Gasteiger partial charge in [0.2, 0.25) is 0 Å². The number of thiazole rings is 1. The van der Waals surface area contributed by atoms with Gasteiger partial charge in [0.25, 0.3) is 0 Å². The molecule has 1 N–H and O–H groups in total. The number of amides is 2. The van der Waals surface area contributed by atoms with Gasteiger partial charge >= 0.3 is 6.03 Å². The van der Waals surface area contributed by atoms with Crippen LogP contribution in [0.3, 0.4) is 0 Å². The number of nitrogens with one attached hydrogen (secondary N) is 1. The second-order valence-corrected chi connectivity index (χ2v) is 8.61. The molecule has 146 valence electrons. The number of urea groups is 1. The lowest BCUT2D eigenvalue weighted by Crippen LogP contribution is -2.43. The molecule has 1 fully saturated rings. The number of carbonyl (C=O) groups is 1. The zero-order chi connectivity index (χ0) is 19.2. The van der Waals surface area contributed by atoms with E-state index in [9.17, 15) is 4.79 Å². The second kappa shape index (κ2) is 9.33. The molecule has 5 nitrogen and oxygen atoms in total. The Morgan fingerprint density at radius 2 is 2.04 bits per heavy atom. The largest absolute Gasteiger partial charge is 0.330 e. The topological polar surface area (TPSA) is 48.5 Å². The number of rotatable bonds is 6. The van der Waals surface area contributed by atoms with Crippen molar-refractivity contribution in [2.75, 3.05) is 26.7 Å². The van der Waals surface area contributed by atoms with Crippen molar-refractivity contribution in [2.45, 2.75) is 39.3 Å². The quantitative estimate of drug-likeness (QED) is 0.814. The number of hydrogen-bond donors (Lipinski definition) is 1. The van der Waals surface area contributed by atoms with Crippen molar-refractivity contribution in [2.24, 2.45) is 5.92 Å². The standard InChI is InChI=1S/C21H30N4OS/c1-16(20-15-27-17(2)23-20)22-21(26)24(3)13-19-9-11-25(12-10-19)14-18-7-5-4-6-8-18/h4-8,15-16,19H,9-14H2,1-3H3,(H,22,26)/t16-/m0/s1. The molecule has 1 aromatic heterocycles. The van der Waals surface area contributed by atoms with Crippen molar-refractivity contribution >= 4 is 17.4 Å². The normalized spacial score (nSPS) is 16.9. The van der Waals surface area contributed by atoms with Crippen LogP contribution in [-0.4, -0.2) is 47.5 Å². The monoisotopic (exact) mass is 386 g/mol. The van der Waals surface area contributed by atoms with Gasteiger partial charge < -0.3 is 10.2 Å². The van der Waals surface area contributed by atoms with Gasteiger partial charge in [-0.05, 0) is 51.3 Å². The first kappa shape index (κ1) is 19.8. The Bertz CT molecular complexity index is 725. The van der Waals surface area contributed by atoms with E-state index in [4.69, 9.17) is 0 Å². The number of piperidine rings is 1. The highest BCUT2D eigenvalue weighted by Gasteiger charge is 2.23. The van der Waals surface area contributed by atoms with Crippen LogP contribution in [-0.2, 0) is 6.54 Å². The number of hydrogen-bond acceptors (Lipinski definition) is 4. The van der Waals surface area contributed by atoms with Crippen molar-refractivity contribution in [1.82, 2.24) is 20.1 Å². The molecule has 1 aliphatic rings. The van der Waals surface area contributed by atoms with Crippen molar-refractivity contribution in [1.29, 1.82) is 0 Å². The predicted molar refractivity (Wildman–Crippen MR) is 111 cm³/mol. The van der Waals surface area contributed by atoms with Crippen LogP contribution >= 0.6 is 11.3 Å². The molecule has 1 aliphatic heterocycles. The summed E-state index contributed by atoms with van der Waals surface area (Å²) in [5.41, 5.74) is 2.31. The molecule has 0 radical (unpaired) electrons. The van der Waals surface area contributed by atoms with Crippen molar-refractivity contribution in [3.05, 3.63) is 52.0 Å². The van der Waals surface area contributed by atoms with E-state index in [2.05, 4.69) is 45.5 Å². The third-order valence-electron chi connectivity index (χ3n) is 5.26. The van der Waals surface area contributed by atoms with E-state index in [0.717, 1.165) is 49.7 Å². The molecule has 0 bridgehead atoms. The van der Waals surface area contributed by atoms with Crippen molar-refractivity contribution in [3.63, 3.8) is 0 Å². The smallest absolute Gasteiger partial charge is 0.317 e. The summed E-state index contributed by atoms with van der Waals surface area (Å²) in [6.07, 6.45) is 2.29. The summed E-state index contributed by atoms with van der Waals surface area (Å²) in [6.45, 7) is 8.01. The molecule has 2 amide bonds. The average Bonchev–Trinajstić information content (AvgIpc) is 3.10. The Morgan fingerprint density at radius 1 is 1.33 bits per heavy atom. The van der Waals surface area contributed by atoms with Gasteiger partial charge in [-0.25, -0.2) is 9.78 Å². The fourth-order valence-corrected chi connectivity index (χ4v) is 4.29. The molecule has 6 heteroatoms. The van der Waals surface area contributed by atoms with Gasteiger partial charge in [-0.1, -0.05) is 30.3 Å². The molecule has 3 rings (SSSR count). The van der Waals surface area contributed by atoms with E-state index in [-0.39, 0.29) is 12.1 Å². The minimum Gasteiger partial charge on any atom is -0.330 e. The van der Waals surface area contributed by atoms with Gasteiger partial charge in [0.1, 0.15) is 0 Å². The summed E-state index contributed by atoms with van der Waals surface area (Å²) >= 11 is 1.62. The molecule has 2 aromatic rings. The first-order valence-corrected chi connectivity index (χ1v) is 10.6. The molecule has 1 aromatic carbocycles. The zero-order valence-electron chi connectivity index (χ0n) is 16.5. The highest BCUT2D eigenvalue weighted by Crippen LogP contribution is 2.20. The number of likely N-dealkylation sites (tertiary alicyclic amines) is 1. The highest BCUT2D eigenvalue weighted by molar-refractivity contribution is 7.09. The van der Waals surface area contributed by atoms with E-state index in [1.165, 1.54) is 5.56 Å². The van der Waals surface area contributed by atoms with E-state index >= 15 is 0 Å². The summed E-state index contributed by atoms with van der Waals surface area (Å²) in [4.78, 5) is 21.3. The van der Waals surface area contributed by atoms with Crippen LogP contribution in [0.4, 0.5) is 4.79 Å². The van der Waals surface area contributed by atoms with E-state index in [0.29, 0.717) is 5.92 Å². The molecular formula is C21H30N4OS. The minimum absolute atomic E-state index is 0.0140. The predicted octanol–water partition coefficient (Wildman–Crippen LogP) is 4.07. The lowest BCUT2D eigenvalue weighted by atomic mass is 9.96. The lowest BCUT2D eigenvalue weighted by Gasteiger charge is -2.34. The molecule has 2 heterocycles. The fourth-order valence-electron chi connectivity index (χ4n) is 3.59. The molecule has 0 aliphatic carbocycles. The van der Waals surface area contributed by atoms with E-state index in [1.54, 1.807) is 11.3 Å².